The van der Waals surface area contributed by atoms with Gasteiger partial charge in [-0.25, -0.2) is 0 Å². The van der Waals surface area contributed by atoms with Crippen molar-refractivity contribution in [1.29, 1.82) is 0 Å². The molecule has 3 rings (SSSR count). The normalized spacial score (nSPS) is 14.8. The minimum absolute atomic E-state index is 0.0435. The Morgan fingerprint density at radius 3 is 2.50 bits per heavy atom. The molecule has 8 heteroatoms. The van der Waals surface area contributed by atoms with Gasteiger partial charge in [-0.05, 0) is 47.7 Å². The van der Waals surface area contributed by atoms with Gasteiger partial charge in [-0.2, -0.15) is 0 Å². The van der Waals surface area contributed by atoms with Crippen LogP contribution in [0.25, 0.3) is 11.1 Å². The molecular formula is C22H25NO7. The Morgan fingerprint density at radius 2 is 1.87 bits per heavy atom. The van der Waals surface area contributed by atoms with Crippen molar-refractivity contribution < 1.29 is 29.2 Å². The van der Waals surface area contributed by atoms with Crippen LogP contribution in [0.15, 0.2) is 29.1 Å². The fourth-order valence-electron chi connectivity index (χ4n) is 3.87. The largest absolute Gasteiger partial charge is 0.504 e. The number of carboxylic acid groups (broad SMARTS) is 1. The van der Waals surface area contributed by atoms with E-state index in [2.05, 4.69) is 5.32 Å². The maximum atomic E-state index is 12.4. The Labute approximate surface area is 174 Å². The molecule has 1 aliphatic carbocycles. The van der Waals surface area contributed by atoms with Crippen LogP contribution in [-0.2, 0) is 11.2 Å². The molecular weight excluding hydrogens is 390 g/mol. The van der Waals surface area contributed by atoms with Gasteiger partial charge < -0.3 is 29.7 Å². The monoisotopic (exact) mass is 415 g/mol. The van der Waals surface area contributed by atoms with Gasteiger partial charge >= 0.3 is 5.97 Å². The molecule has 30 heavy (non-hydrogen) atoms. The van der Waals surface area contributed by atoms with E-state index in [1.54, 1.807) is 13.2 Å². The van der Waals surface area contributed by atoms with Crippen molar-refractivity contribution in [3.63, 3.8) is 0 Å². The summed E-state index contributed by atoms with van der Waals surface area (Å²) in [5.74, 6) is 0.155. The minimum atomic E-state index is -0.906. The first-order valence-corrected chi connectivity index (χ1v) is 9.55. The van der Waals surface area contributed by atoms with E-state index in [0.717, 1.165) is 11.1 Å². The van der Waals surface area contributed by atoms with Crippen LogP contribution >= 0.6 is 0 Å². The van der Waals surface area contributed by atoms with E-state index in [1.165, 1.54) is 26.4 Å². The van der Waals surface area contributed by atoms with Crippen LogP contribution in [0.1, 0.15) is 30.0 Å². The standard InChI is InChI=1S/C22H25NO7/c1-28-18-10-12-4-6-15(23-9-8-19(26)27)14-11-17(25)16(24)7-5-13(14)20(12)22(30-3)21(18)29-2/h5,7,10-11,15,23H,4,6,8-9H2,1-3H3,(H,24,25)(H,26,27). The summed E-state index contributed by atoms with van der Waals surface area (Å²) in [5.41, 5.74) is 2.54. The second-order valence-electron chi connectivity index (χ2n) is 6.96. The molecule has 0 amide bonds. The highest BCUT2D eigenvalue weighted by atomic mass is 16.5. The van der Waals surface area contributed by atoms with Crippen LogP contribution in [0.3, 0.4) is 0 Å². The van der Waals surface area contributed by atoms with Gasteiger partial charge in [0.05, 0.1) is 27.8 Å². The maximum absolute atomic E-state index is 12.4. The highest BCUT2D eigenvalue weighted by Crippen LogP contribution is 2.50. The highest BCUT2D eigenvalue weighted by Gasteiger charge is 2.28. The molecule has 0 aliphatic heterocycles. The molecule has 1 aliphatic rings. The number of carbonyl (C=O) groups is 1. The Balaban J connectivity index is 2.27. The first-order valence-electron chi connectivity index (χ1n) is 9.55. The molecule has 0 spiro atoms. The van der Waals surface area contributed by atoms with E-state index in [9.17, 15) is 14.7 Å². The van der Waals surface area contributed by atoms with Gasteiger partial charge in [0.1, 0.15) is 0 Å². The van der Waals surface area contributed by atoms with Crippen molar-refractivity contribution in [1.82, 2.24) is 5.32 Å². The summed E-state index contributed by atoms with van der Waals surface area (Å²) in [5, 5.41) is 22.2. The quantitative estimate of drug-likeness (QED) is 0.632. The van der Waals surface area contributed by atoms with Crippen LogP contribution in [0.4, 0.5) is 0 Å². The van der Waals surface area contributed by atoms with Gasteiger partial charge in [-0.3, -0.25) is 9.59 Å². The number of rotatable bonds is 7. The molecule has 0 saturated heterocycles. The second kappa shape index (κ2) is 9.04. The van der Waals surface area contributed by atoms with Crippen molar-refractivity contribution in [3.05, 3.63) is 45.6 Å². The van der Waals surface area contributed by atoms with Gasteiger partial charge in [0.2, 0.25) is 11.2 Å². The van der Waals surface area contributed by atoms with E-state index in [4.69, 9.17) is 19.3 Å². The van der Waals surface area contributed by atoms with Crippen molar-refractivity contribution in [2.24, 2.45) is 0 Å². The molecule has 0 radical (unpaired) electrons. The van der Waals surface area contributed by atoms with Crippen LogP contribution in [0, 0.1) is 0 Å². The third-order valence-electron chi connectivity index (χ3n) is 5.25. The van der Waals surface area contributed by atoms with Crippen molar-refractivity contribution in [3.8, 4) is 34.1 Å². The molecule has 0 bridgehead atoms. The smallest absolute Gasteiger partial charge is 0.304 e. The molecule has 3 N–H and O–H groups in total. The lowest BCUT2D eigenvalue weighted by molar-refractivity contribution is -0.136. The number of fused-ring (bicyclic) bond motifs is 3. The fourth-order valence-corrected chi connectivity index (χ4v) is 3.87. The summed E-state index contributed by atoms with van der Waals surface area (Å²) >= 11 is 0. The number of hydrogen-bond donors (Lipinski definition) is 3. The molecule has 1 atom stereocenters. The fraction of sp³-hybridized carbons (Fsp3) is 0.364. The summed E-state index contributed by atoms with van der Waals surface area (Å²) < 4.78 is 16.7. The van der Waals surface area contributed by atoms with Crippen LogP contribution in [0.2, 0.25) is 0 Å². The number of aromatic hydroxyl groups is 1. The van der Waals surface area contributed by atoms with Gasteiger partial charge in [0.25, 0.3) is 0 Å². The first kappa shape index (κ1) is 21.4. The Kier molecular flexibility index (Phi) is 6.47. The summed E-state index contributed by atoms with van der Waals surface area (Å²) in [6.07, 6.45) is 1.20. The van der Waals surface area contributed by atoms with E-state index in [0.29, 0.717) is 41.2 Å². The van der Waals surface area contributed by atoms with E-state index < -0.39 is 11.4 Å². The summed E-state index contributed by atoms with van der Waals surface area (Å²) in [4.78, 5) is 23.3. The third-order valence-corrected chi connectivity index (χ3v) is 5.25. The number of aryl methyl sites for hydroxylation is 1. The first-order chi connectivity index (χ1) is 14.4. The predicted molar refractivity (Wildman–Crippen MR) is 111 cm³/mol. The molecule has 2 aromatic rings. The number of benzene rings is 1. The van der Waals surface area contributed by atoms with Crippen molar-refractivity contribution in [2.75, 3.05) is 27.9 Å². The zero-order chi connectivity index (χ0) is 21.8. The Bertz CT molecular complexity index is 1020. The average molecular weight is 415 g/mol. The molecule has 0 saturated carbocycles. The predicted octanol–water partition coefficient (Wildman–Crippen LogP) is 2.50. The number of carboxylic acids is 1. The molecule has 2 aromatic carbocycles. The Hall–Kier alpha value is -3.26. The Morgan fingerprint density at radius 1 is 1.13 bits per heavy atom. The van der Waals surface area contributed by atoms with E-state index in [-0.39, 0.29) is 24.8 Å². The number of nitrogens with one attached hydrogen (secondary N) is 1. The molecule has 160 valence electrons. The highest BCUT2D eigenvalue weighted by molar-refractivity contribution is 5.82. The lowest BCUT2D eigenvalue weighted by atomic mass is 9.95. The summed E-state index contributed by atoms with van der Waals surface area (Å²) in [6, 6.07) is 6.03. The van der Waals surface area contributed by atoms with Gasteiger partial charge in [-0.1, -0.05) is 6.07 Å². The zero-order valence-electron chi connectivity index (χ0n) is 17.2. The lowest BCUT2D eigenvalue weighted by Gasteiger charge is -2.19. The lowest BCUT2D eigenvalue weighted by Crippen LogP contribution is -2.24. The van der Waals surface area contributed by atoms with Gasteiger partial charge in [0, 0.05) is 18.2 Å². The topological polar surface area (TPSA) is 114 Å². The van der Waals surface area contributed by atoms with Gasteiger partial charge in [-0.15, -0.1) is 0 Å². The van der Waals surface area contributed by atoms with Crippen molar-refractivity contribution >= 4 is 5.97 Å². The SMILES string of the molecule is COc1cc2c(c(OC)c1OC)-c1ccc(O)c(=O)cc1C(NCCC(=O)O)CC2. The summed E-state index contributed by atoms with van der Waals surface area (Å²) in [7, 11) is 4.60. The molecule has 0 fully saturated rings. The number of hydrogen-bond acceptors (Lipinski definition) is 7. The van der Waals surface area contributed by atoms with E-state index >= 15 is 0 Å². The molecule has 0 aromatic heterocycles. The number of ether oxygens (including phenoxy) is 3. The van der Waals surface area contributed by atoms with Crippen LogP contribution < -0.4 is 25.0 Å². The van der Waals surface area contributed by atoms with E-state index in [1.807, 2.05) is 6.07 Å². The second-order valence-corrected chi connectivity index (χ2v) is 6.96. The molecule has 8 nitrogen and oxygen atoms in total. The molecule has 0 heterocycles. The average Bonchev–Trinajstić information content (AvgIpc) is 2.96. The number of aliphatic carboxylic acids is 1. The maximum Gasteiger partial charge on any atom is 0.304 e. The minimum Gasteiger partial charge on any atom is -0.504 e. The zero-order valence-corrected chi connectivity index (χ0v) is 17.2. The van der Waals surface area contributed by atoms with Crippen LogP contribution in [-0.4, -0.2) is 44.1 Å². The third kappa shape index (κ3) is 4.04. The van der Waals surface area contributed by atoms with Crippen LogP contribution in [0.5, 0.6) is 23.0 Å². The van der Waals surface area contributed by atoms with Gasteiger partial charge in [0.15, 0.2) is 17.2 Å². The summed E-state index contributed by atoms with van der Waals surface area (Å²) in [6.45, 7) is 0.248. The number of methoxy groups -OCH3 is 3. The van der Waals surface area contributed by atoms with Crippen molar-refractivity contribution in [2.45, 2.75) is 25.3 Å². The molecule has 1 unspecified atom stereocenters.